The molecule has 2 amide bonds. The summed E-state index contributed by atoms with van der Waals surface area (Å²) >= 11 is 2.35. The number of β-lactam (4-membered cyclic amide) rings is 1. The number of oxime groups is 1. The van der Waals surface area contributed by atoms with Gasteiger partial charge in [-0.3, -0.25) is 14.5 Å². The minimum absolute atomic E-state index is 0. The van der Waals surface area contributed by atoms with Crippen molar-refractivity contribution < 1.29 is 53.9 Å². The Labute approximate surface area is 189 Å². The van der Waals surface area contributed by atoms with Crippen LogP contribution in [0.2, 0.25) is 0 Å². The molecule has 1 aromatic rings. The molecule has 0 saturated carbocycles. The number of carboxylic acids is 1. The topological polar surface area (TPSA) is 150 Å². The van der Waals surface area contributed by atoms with Crippen molar-refractivity contribution in [3.8, 4) is 12.3 Å². The predicted molar refractivity (Wildman–Crippen MR) is 96.0 cm³/mol. The molecule has 3 N–H and O–H groups in total. The van der Waals surface area contributed by atoms with E-state index in [1.165, 1.54) is 24.3 Å². The zero-order valence-corrected chi connectivity index (χ0v) is 18.4. The third-order valence-corrected chi connectivity index (χ3v) is 5.74. The van der Waals surface area contributed by atoms with E-state index in [4.69, 9.17) is 12.2 Å². The molecule has 2 aliphatic heterocycles. The average Bonchev–Trinajstić information content (AvgIpc) is 3.08. The number of nitrogens with zero attached hydrogens (tertiary/aromatic N) is 3. The van der Waals surface area contributed by atoms with Gasteiger partial charge in [-0.1, -0.05) is 11.1 Å². The summed E-state index contributed by atoms with van der Waals surface area (Å²) in [6.45, 7) is 0. The van der Waals surface area contributed by atoms with E-state index in [1.54, 1.807) is 0 Å². The second-order valence-electron chi connectivity index (χ2n) is 5.31. The zero-order chi connectivity index (χ0) is 19.7. The summed E-state index contributed by atoms with van der Waals surface area (Å²) in [6, 6.07) is -0.950. The van der Waals surface area contributed by atoms with Crippen molar-refractivity contribution >= 4 is 51.7 Å². The van der Waals surface area contributed by atoms with E-state index < -0.39 is 29.2 Å². The van der Waals surface area contributed by atoms with Crippen molar-refractivity contribution in [3.05, 3.63) is 22.3 Å². The Morgan fingerprint density at radius 1 is 1.57 bits per heavy atom. The van der Waals surface area contributed by atoms with Crippen molar-refractivity contribution in [2.24, 2.45) is 5.16 Å². The number of amides is 2. The molecule has 1 unspecified atom stereocenters. The van der Waals surface area contributed by atoms with Gasteiger partial charge in [-0.15, -0.1) is 29.5 Å². The second kappa shape index (κ2) is 8.97. The minimum Gasteiger partial charge on any atom is -0.543 e. The number of hydrogen-bond donors (Lipinski definition) is 2. The number of aliphatic carboxylic acids is 1. The van der Waals surface area contributed by atoms with Gasteiger partial charge in [0.15, 0.2) is 10.8 Å². The number of nitrogens with one attached hydrogen (secondary N) is 1. The number of nitrogens with two attached hydrogens (primary N) is 1. The molecule has 0 radical (unpaired) electrons. The monoisotopic (exact) mass is 429 g/mol. The first-order valence-corrected chi connectivity index (χ1v) is 9.31. The molecule has 10 nitrogen and oxygen atoms in total. The van der Waals surface area contributed by atoms with Crippen molar-refractivity contribution in [1.82, 2.24) is 15.2 Å². The van der Waals surface area contributed by atoms with E-state index in [2.05, 4.69) is 26.2 Å². The van der Waals surface area contributed by atoms with Gasteiger partial charge in [0.2, 0.25) is 0 Å². The fourth-order valence-electron chi connectivity index (χ4n) is 2.62. The third-order valence-electron chi connectivity index (χ3n) is 3.78. The van der Waals surface area contributed by atoms with E-state index >= 15 is 0 Å². The first-order valence-electron chi connectivity index (χ1n) is 7.38. The molecule has 28 heavy (non-hydrogen) atoms. The first-order chi connectivity index (χ1) is 12.9. The van der Waals surface area contributed by atoms with Crippen LogP contribution < -0.4 is 45.7 Å². The summed E-state index contributed by atoms with van der Waals surface area (Å²) in [4.78, 5) is 46.0. The van der Waals surface area contributed by atoms with Gasteiger partial charge in [-0.05, 0) is 0 Å². The van der Waals surface area contributed by atoms with Gasteiger partial charge < -0.3 is 25.8 Å². The van der Waals surface area contributed by atoms with Crippen LogP contribution in [0.3, 0.4) is 0 Å². The molecule has 1 fully saturated rings. The summed E-state index contributed by atoms with van der Waals surface area (Å²) in [7, 11) is 1.26. The number of thioether (sulfide) groups is 1. The van der Waals surface area contributed by atoms with E-state index in [0.717, 1.165) is 16.2 Å². The summed E-state index contributed by atoms with van der Waals surface area (Å²) in [6.07, 6.45) is 5.30. The molecular weight excluding hydrogens is 417 g/mol. The van der Waals surface area contributed by atoms with Crippen LogP contribution >= 0.6 is 23.1 Å². The maximum Gasteiger partial charge on any atom is 1.00 e. The predicted octanol–water partition coefficient (Wildman–Crippen LogP) is -4.88. The molecular formula is C15H12N5NaO5S2. The SMILES string of the molecule is C#CC1=C(C(=O)[O-])N2C(=O)C(NC(=O)C(=NOC)c3csc(N)n3)[C@@H]2SC1.[Na+]. The van der Waals surface area contributed by atoms with Crippen LogP contribution in [0, 0.1) is 12.3 Å². The number of rotatable bonds is 5. The molecule has 13 heteroatoms. The number of terminal acetylenes is 1. The van der Waals surface area contributed by atoms with Crippen molar-refractivity contribution in [1.29, 1.82) is 0 Å². The largest absolute Gasteiger partial charge is 1.00 e. The van der Waals surface area contributed by atoms with Gasteiger partial charge in [-0.2, -0.15) is 0 Å². The Bertz CT molecular complexity index is 937. The maximum atomic E-state index is 12.6. The zero-order valence-electron chi connectivity index (χ0n) is 14.8. The Hall–Kier alpha value is -2.04. The smallest absolute Gasteiger partial charge is 0.543 e. The molecule has 1 aromatic heterocycles. The van der Waals surface area contributed by atoms with E-state index in [1.807, 2.05) is 0 Å². The molecule has 0 spiro atoms. The Kier molecular flexibility index (Phi) is 7.13. The number of aromatic nitrogens is 1. The molecule has 0 aromatic carbocycles. The minimum atomic E-state index is -1.54. The van der Waals surface area contributed by atoms with Crippen molar-refractivity contribution in [2.45, 2.75) is 11.4 Å². The van der Waals surface area contributed by atoms with Crippen LogP contribution in [0.25, 0.3) is 0 Å². The molecule has 0 aliphatic carbocycles. The number of anilines is 1. The van der Waals surface area contributed by atoms with E-state index in [-0.39, 0.29) is 63.1 Å². The Morgan fingerprint density at radius 3 is 2.82 bits per heavy atom. The number of fused-ring (bicyclic) bond motifs is 1. The van der Waals surface area contributed by atoms with Gasteiger partial charge in [0.25, 0.3) is 11.8 Å². The second-order valence-corrected chi connectivity index (χ2v) is 7.31. The maximum absolute atomic E-state index is 12.6. The first kappa shape index (κ1) is 22.3. The van der Waals surface area contributed by atoms with Crippen LogP contribution in [0.1, 0.15) is 5.69 Å². The van der Waals surface area contributed by atoms with Gasteiger partial charge in [-0.25, -0.2) is 4.98 Å². The molecule has 1 saturated heterocycles. The molecule has 2 atom stereocenters. The van der Waals surface area contributed by atoms with Crippen LogP contribution in [-0.2, 0) is 19.2 Å². The molecule has 140 valence electrons. The number of nitrogen functional groups attached to an aromatic ring is 1. The van der Waals surface area contributed by atoms with Gasteiger partial charge >= 0.3 is 29.6 Å². The quantitative estimate of drug-likeness (QED) is 0.156. The Balaban J connectivity index is 0.00000280. The van der Waals surface area contributed by atoms with Crippen LogP contribution in [0.5, 0.6) is 0 Å². The van der Waals surface area contributed by atoms with Gasteiger partial charge in [0.1, 0.15) is 24.2 Å². The fraction of sp³-hybridized carbons (Fsp3) is 0.267. The average molecular weight is 429 g/mol. The Morgan fingerprint density at radius 2 is 2.29 bits per heavy atom. The number of carboxylic acid groups (broad SMARTS) is 1. The standard InChI is InChI=1S/C15H13N5O5S2.Na/c1-3-6-4-26-13-9(12(22)20(13)10(6)14(23)24)18-11(21)8(19-25-2)7-5-27-15(16)17-7;/h1,5,9,13H,4H2,2H3,(H2,16,17)(H,18,21)(H,23,24);/q;+1/p-1/t9?,13-;/m0./s1. The number of carbonyl (C=O) groups excluding carboxylic acids is 3. The van der Waals surface area contributed by atoms with Crippen LogP contribution in [0.15, 0.2) is 21.8 Å². The molecule has 3 heterocycles. The number of carbonyl (C=O) groups is 3. The summed E-state index contributed by atoms with van der Waals surface area (Å²) in [5.41, 5.74) is 5.43. The number of thiazole rings is 1. The van der Waals surface area contributed by atoms with Crippen molar-refractivity contribution in [3.63, 3.8) is 0 Å². The van der Waals surface area contributed by atoms with E-state index in [9.17, 15) is 19.5 Å². The third kappa shape index (κ3) is 3.89. The molecule has 2 aliphatic rings. The van der Waals surface area contributed by atoms with E-state index in [0.29, 0.717) is 0 Å². The molecule has 0 bridgehead atoms. The normalized spacial score (nSPS) is 21.1. The number of hydrogen-bond acceptors (Lipinski definition) is 10. The van der Waals surface area contributed by atoms with Crippen molar-refractivity contribution in [2.75, 3.05) is 18.6 Å². The van der Waals surface area contributed by atoms with Gasteiger partial charge in [0, 0.05) is 16.7 Å². The summed E-state index contributed by atoms with van der Waals surface area (Å²) < 4.78 is 0. The molecule has 3 rings (SSSR count). The van der Waals surface area contributed by atoms with Crippen LogP contribution in [-0.4, -0.2) is 57.7 Å². The summed E-state index contributed by atoms with van der Waals surface area (Å²) in [5.74, 6) is -0.384. The fourth-order valence-corrected chi connectivity index (χ4v) is 4.46. The van der Waals surface area contributed by atoms with Gasteiger partial charge in [0.05, 0.1) is 11.7 Å². The summed E-state index contributed by atoms with van der Waals surface area (Å²) in [5, 5.41) is 18.7. The van der Waals surface area contributed by atoms with Crippen LogP contribution in [0.4, 0.5) is 5.13 Å².